The van der Waals surface area contributed by atoms with Crippen LogP contribution in [0.25, 0.3) is 0 Å². The van der Waals surface area contributed by atoms with E-state index in [4.69, 9.17) is 10.5 Å². The number of primary amides is 1. The van der Waals surface area contributed by atoms with Gasteiger partial charge in [0, 0.05) is 18.1 Å². The second kappa shape index (κ2) is 9.87. The van der Waals surface area contributed by atoms with Crippen LogP contribution in [0, 0.1) is 5.92 Å². The number of amides is 1. The first-order valence-corrected chi connectivity index (χ1v) is 10.4. The van der Waals surface area contributed by atoms with Gasteiger partial charge in [0.05, 0.1) is 0 Å². The summed E-state index contributed by atoms with van der Waals surface area (Å²) in [6.45, 7) is 1.65. The van der Waals surface area contributed by atoms with Gasteiger partial charge in [-0.2, -0.15) is 0 Å². The lowest BCUT2D eigenvalue weighted by atomic mass is 9.61. The summed E-state index contributed by atoms with van der Waals surface area (Å²) in [5.74, 6) is -1.40. The number of nitrogens with two attached hydrogens (primary N) is 1. The quantitative estimate of drug-likeness (QED) is 0.590. The minimum Gasteiger partial charge on any atom is -0.479 e. The molecule has 0 radical (unpaired) electrons. The lowest BCUT2D eigenvalue weighted by molar-refractivity contribution is -0.156. The van der Waals surface area contributed by atoms with Crippen LogP contribution in [0.15, 0.2) is 54.6 Å². The van der Waals surface area contributed by atoms with Crippen LogP contribution in [0.2, 0.25) is 0 Å². The fourth-order valence-corrected chi connectivity index (χ4v) is 4.84. The zero-order valence-corrected chi connectivity index (χ0v) is 17.3. The number of carbonyl (C=O) groups is 2. The van der Waals surface area contributed by atoms with Crippen molar-refractivity contribution in [3.63, 3.8) is 0 Å². The number of carboxylic acids is 1. The van der Waals surface area contributed by atoms with Crippen LogP contribution >= 0.6 is 0 Å². The molecule has 4 N–H and O–H groups in total. The Bertz CT molecular complexity index is 847. The Morgan fingerprint density at radius 1 is 1.20 bits per heavy atom. The standard InChI is InChI=1S/C24H30N2O4/c1-30-21(23(28)29)24(20-8-5-15-26-16-20,14-13-17-6-3-2-4-7-17)19-11-9-18(10-12-19)22(25)27/h2-4,6-7,9-12,20-21,26H,5,8,13-16H2,1H3,(H2,25,27)(H,28,29). The highest BCUT2D eigenvalue weighted by Crippen LogP contribution is 2.44. The monoisotopic (exact) mass is 410 g/mol. The number of rotatable bonds is 9. The van der Waals surface area contributed by atoms with Gasteiger partial charge in [-0.1, -0.05) is 42.5 Å². The lowest BCUT2D eigenvalue weighted by Crippen LogP contribution is -2.55. The molecule has 1 amide bonds. The van der Waals surface area contributed by atoms with Crippen molar-refractivity contribution in [2.75, 3.05) is 20.2 Å². The molecule has 0 aliphatic carbocycles. The van der Waals surface area contributed by atoms with Gasteiger partial charge in [-0.05, 0) is 68.0 Å². The first-order chi connectivity index (χ1) is 14.5. The van der Waals surface area contributed by atoms with Crippen LogP contribution < -0.4 is 11.1 Å². The number of aliphatic carboxylic acids is 1. The van der Waals surface area contributed by atoms with Gasteiger partial charge in [0.1, 0.15) is 0 Å². The molecular formula is C24H30N2O4. The van der Waals surface area contributed by atoms with Gasteiger partial charge in [0.15, 0.2) is 6.10 Å². The first kappa shape index (κ1) is 22.0. The number of nitrogens with one attached hydrogen (secondary N) is 1. The van der Waals surface area contributed by atoms with E-state index in [1.54, 1.807) is 12.1 Å². The number of hydrogen-bond donors (Lipinski definition) is 3. The number of ether oxygens (including phenoxy) is 1. The molecule has 3 rings (SSSR count). The molecule has 1 heterocycles. The second-order valence-corrected chi connectivity index (χ2v) is 7.96. The van der Waals surface area contributed by atoms with Crippen LogP contribution in [-0.4, -0.2) is 43.3 Å². The van der Waals surface area contributed by atoms with Crippen LogP contribution in [0.1, 0.15) is 40.7 Å². The zero-order chi connectivity index (χ0) is 21.6. The molecule has 3 atom stereocenters. The van der Waals surface area contributed by atoms with Crippen molar-refractivity contribution < 1.29 is 19.4 Å². The van der Waals surface area contributed by atoms with Crippen LogP contribution in [0.5, 0.6) is 0 Å². The number of carboxylic acid groups (broad SMARTS) is 1. The predicted molar refractivity (Wildman–Crippen MR) is 115 cm³/mol. The molecule has 30 heavy (non-hydrogen) atoms. The normalized spacial score (nSPS) is 19.6. The van der Waals surface area contributed by atoms with E-state index in [1.165, 1.54) is 7.11 Å². The van der Waals surface area contributed by atoms with Crippen LogP contribution in [-0.2, 0) is 21.4 Å². The highest BCUT2D eigenvalue weighted by Gasteiger charge is 2.50. The Hall–Kier alpha value is -2.70. The minimum absolute atomic E-state index is 0.0791. The van der Waals surface area contributed by atoms with Crippen molar-refractivity contribution in [1.82, 2.24) is 5.32 Å². The third-order valence-corrected chi connectivity index (χ3v) is 6.33. The number of methoxy groups -OCH3 is 1. The molecule has 0 spiro atoms. The van der Waals surface area contributed by atoms with Gasteiger partial charge < -0.3 is 20.9 Å². The van der Waals surface area contributed by atoms with Crippen molar-refractivity contribution >= 4 is 11.9 Å². The van der Waals surface area contributed by atoms with E-state index in [1.807, 2.05) is 30.3 Å². The Balaban J connectivity index is 2.10. The molecule has 1 aliphatic heterocycles. The third-order valence-electron chi connectivity index (χ3n) is 6.33. The lowest BCUT2D eigenvalue weighted by Gasteiger charge is -2.46. The molecule has 2 aromatic rings. The second-order valence-electron chi connectivity index (χ2n) is 7.96. The number of piperidine rings is 1. The SMILES string of the molecule is COC(C(=O)O)C(CCc1ccccc1)(c1ccc(C(N)=O)cc1)C1CCCNC1. The molecule has 2 aromatic carbocycles. The summed E-state index contributed by atoms with van der Waals surface area (Å²) in [5.41, 5.74) is 7.09. The van der Waals surface area contributed by atoms with E-state index >= 15 is 0 Å². The molecular weight excluding hydrogens is 380 g/mol. The van der Waals surface area contributed by atoms with Crippen LogP contribution in [0.3, 0.4) is 0 Å². The van der Waals surface area contributed by atoms with Crippen molar-refractivity contribution in [3.05, 3.63) is 71.3 Å². The van der Waals surface area contributed by atoms with E-state index in [0.29, 0.717) is 12.0 Å². The highest BCUT2D eigenvalue weighted by molar-refractivity contribution is 5.92. The van der Waals surface area contributed by atoms with Crippen LogP contribution in [0.4, 0.5) is 0 Å². The number of benzene rings is 2. The van der Waals surface area contributed by atoms with Gasteiger partial charge in [0.2, 0.25) is 5.91 Å². The maximum Gasteiger partial charge on any atom is 0.333 e. The fraction of sp³-hybridized carbons (Fsp3) is 0.417. The molecule has 1 saturated heterocycles. The summed E-state index contributed by atoms with van der Waals surface area (Å²) in [6.07, 6.45) is 2.22. The number of aryl methyl sites for hydroxylation is 1. The average molecular weight is 411 g/mol. The van der Waals surface area contributed by atoms with E-state index < -0.39 is 23.4 Å². The van der Waals surface area contributed by atoms with Crippen molar-refractivity contribution in [2.24, 2.45) is 11.7 Å². The third kappa shape index (κ3) is 4.55. The van der Waals surface area contributed by atoms with Crippen molar-refractivity contribution in [3.8, 4) is 0 Å². The summed E-state index contributed by atoms with van der Waals surface area (Å²) < 4.78 is 5.63. The summed E-state index contributed by atoms with van der Waals surface area (Å²) in [6, 6.07) is 17.1. The van der Waals surface area contributed by atoms with E-state index in [9.17, 15) is 14.7 Å². The van der Waals surface area contributed by atoms with Crippen molar-refractivity contribution in [1.29, 1.82) is 0 Å². The zero-order valence-electron chi connectivity index (χ0n) is 17.3. The Labute approximate surface area is 177 Å². The molecule has 3 unspecified atom stereocenters. The topological polar surface area (TPSA) is 102 Å². The van der Waals surface area contributed by atoms with Gasteiger partial charge in [-0.15, -0.1) is 0 Å². The van der Waals surface area contributed by atoms with E-state index in [0.717, 1.165) is 43.5 Å². The first-order valence-electron chi connectivity index (χ1n) is 10.4. The highest BCUT2D eigenvalue weighted by atomic mass is 16.5. The molecule has 0 aromatic heterocycles. The molecule has 6 nitrogen and oxygen atoms in total. The minimum atomic E-state index is -1.01. The molecule has 160 valence electrons. The number of carbonyl (C=O) groups excluding carboxylic acids is 1. The predicted octanol–water partition coefficient (Wildman–Crippen LogP) is 2.76. The summed E-state index contributed by atoms with van der Waals surface area (Å²) >= 11 is 0. The maximum atomic E-state index is 12.4. The van der Waals surface area contributed by atoms with Gasteiger partial charge in [-0.3, -0.25) is 4.79 Å². The largest absolute Gasteiger partial charge is 0.479 e. The molecule has 0 bridgehead atoms. The summed E-state index contributed by atoms with van der Waals surface area (Å²) in [5, 5.41) is 13.6. The maximum absolute atomic E-state index is 12.4. The molecule has 1 fully saturated rings. The number of hydrogen-bond acceptors (Lipinski definition) is 4. The average Bonchev–Trinajstić information content (AvgIpc) is 2.78. The molecule has 0 saturated carbocycles. The van der Waals surface area contributed by atoms with E-state index in [-0.39, 0.29) is 5.92 Å². The fourth-order valence-electron chi connectivity index (χ4n) is 4.84. The van der Waals surface area contributed by atoms with Gasteiger partial charge in [0.25, 0.3) is 0 Å². The molecule has 6 heteroatoms. The van der Waals surface area contributed by atoms with Gasteiger partial charge >= 0.3 is 5.97 Å². The Morgan fingerprint density at radius 3 is 2.43 bits per heavy atom. The Kier molecular flexibility index (Phi) is 7.24. The van der Waals surface area contributed by atoms with Gasteiger partial charge in [-0.25, -0.2) is 4.79 Å². The molecule has 1 aliphatic rings. The van der Waals surface area contributed by atoms with E-state index in [2.05, 4.69) is 17.4 Å². The van der Waals surface area contributed by atoms with Crippen molar-refractivity contribution in [2.45, 2.75) is 37.2 Å². The smallest absolute Gasteiger partial charge is 0.333 e. The summed E-state index contributed by atoms with van der Waals surface area (Å²) in [7, 11) is 1.46. The summed E-state index contributed by atoms with van der Waals surface area (Å²) in [4.78, 5) is 23.9. The Morgan fingerprint density at radius 2 is 1.90 bits per heavy atom.